The smallest absolute Gasteiger partial charge is 0.465 e. The Balaban J connectivity index is 0.00000288. The van der Waals surface area contributed by atoms with Crippen molar-refractivity contribution in [3.05, 3.63) is 53.6 Å². The molecule has 0 fully saturated rings. The molecule has 0 radical (unpaired) electrons. The highest BCUT2D eigenvalue weighted by atomic mass is 35.5. The molecule has 0 atom stereocenters. The van der Waals surface area contributed by atoms with Crippen molar-refractivity contribution in [2.24, 2.45) is 5.73 Å². The van der Waals surface area contributed by atoms with Crippen molar-refractivity contribution >= 4 is 18.4 Å². The van der Waals surface area contributed by atoms with E-state index in [1.54, 1.807) is 24.3 Å². The van der Waals surface area contributed by atoms with E-state index in [0.29, 0.717) is 22.3 Å². The van der Waals surface area contributed by atoms with Crippen LogP contribution >= 0.6 is 12.4 Å². The third kappa shape index (κ3) is 5.14. The second kappa shape index (κ2) is 8.03. The molecule has 0 bridgehead atoms. The van der Waals surface area contributed by atoms with Crippen LogP contribution in [0.5, 0.6) is 5.75 Å². The maximum atomic E-state index is 12.4. The topological polar surface area (TPSA) is 61.5 Å². The van der Waals surface area contributed by atoms with Gasteiger partial charge in [0.2, 0.25) is 0 Å². The summed E-state index contributed by atoms with van der Waals surface area (Å²) in [7, 11) is 1.25. The van der Waals surface area contributed by atoms with Crippen molar-refractivity contribution < 1.29 is 27.4 Å². The Hall–Kier alpha value is -2.25. The number of hydrogen-bond acceptors (Lipinski definition) is 4. The number of alkyl halides is 3. The number of halogens is 4. The van der Waals surface area contributed by atoms with E-state index in [0.717, 1.165) is 0 Å². The van der Waals surface area contributed by atoms with Crippen molar-refractivity contribution in [3.63, 3.8) is 0 Å². The predicted octanol–water partition coefficient (Wildman–Crippen LogP) is 3.92. The Morgan fingerprint density at radius 1 is 1.12 bits per heavy atom. The molecule has 0 saturated carbocycles. The first-order valence-electron chi connectivity index (χ1n) is 6.61. The zero-order valence-electron chi connectivity index (χ0n) is 12.6. The highest BCUT2D eigenvalue weighted by molar-refractivity contribution is 5.91. The molecule has 0 spiro atoms. The average molecular weight is 362 g/mol. The van der Waals surface area contributed by atoms with Crippen LogP contribution < -0.4 is 10.5 Å². The van der Waals surface area contributed by atoms with Gasteiger partial charge in [0, 0.05) is 6.54 Å². The number of rotatable bonds is 4. The summed E-state index contributed by atoms with van der Waals surface area (Å²) in [4.78, 5) is 11.6. The number of carbonyl (C=O) groups is 1. The molecular formula is C16H15ClF3NO3. The molecule has 0 heterocycles. The van der Waals surface area contributed by atoms with Gasteiger partial charge in [-0.2, -0.15) is 0 Å². The zero-order chi connectivity index (χ0) is 17.0. The molecule has 8 heteroatoms. The van der Waals surface area contributed by atoms with E-state index in [1.807, 2.05) is 0 Å². The normalized spacial score (nSPS) is 10.7. The summed E-state index contributed by atoms with van der Waals surface area (Å²) >= 11 is 0. The molecular weight excluding hydrogens is 347 g/mol. The summed E-state index contributed by atoms with van der Waals surface area (Å²) in [5.41, 5.74) is 7.30. The molecule has 0 aliphatic rings. The Morgan fingerprint density at radius 2 is 1.83 bits per heavy atom. The third-order valence-electron chi connectivity index (χ3n) is 3.05. The fraction of sp³-hybridized carbons (Fsp3) is 0.188. The van der Waals surface area contributed by atoms with E-state index in [-0.39, 0.29) is 24.7 Å². The molecule has 2 rings (SSSR count). The largest absolute Gasteiger partial charge is 0.573 e. The number of nitrogens with two attached hydrogens (primary N) is 1. The molecule has 130 valence electrons. The quantitative estimate of drug-likeness (QED) is 0.838. The van der Waals surface area contributed by atoms with Crippen LogP contribution in [-0.2, 0) is 11.3 Å². The third-order valence-corrected chi connectivity index (χ3v) is 3.05. The summed E-state index contributed by atoms with van der Waals surface area (Å²) < 4.78 is 45.8. The lowest BCUT2D eigenvalue weighted by Crippen LogP contribution is -2.17. The first-order valence-corrected chi connectivity index (χ1v) is 6.61. The molecule has 0 saturated heterocycles. The minimum atomic E-state index is -4.79. The molecule has 0 aliphatic heterocycles. The van der Waals surface area contributed by atoms with Gasteiger partial charge >= 0.3 is 12.3 Å². The molecule has 0 aromatic heterocycles. The van der Waals surface area contributed by atoms with Crippen molar-refractivity contribution in [3.8, 4) is 16.9 Å². The van der Waals surface area contributed by atoms with E-state index in [2.05, 4.69) is 9.47 Å². The van der Waals surface area contributed by atoms with Crippen LogP contribution in [0.3, 0.4) is 0 Å². The summed E-state index contributed by atoms with van der Waals surface area (Å²) in [5.74, 6) is -0.896. The SMILES string of the molecule is COC(=O)c1cccc(-c2cc(CN)cc(OC(F)(F)F)c2)c1.Cl. The Morgan fingerprint density at radius 3 is 2.42 bits per heavy atom. The van der Waals surface area contributed by atoms with Crippen LogP contribution in [0.2, 0.25) is 0 Å². The van der Waals surface area contributed by atoms with Gasteiger partial charge in [-0.3, -0.25) is 0 Å². The fourth-order valence-electron chi connectivity index (χ4n) is 2.08. The average Bonchev–Trinajstić information content (AvgIpc) is 2.52. The summed E-state index contributed by atoms with van der Waals surface area (Å²) in [6, 6.07) is 10.5. The first kappa shape index (κ1) is 19.8. The van der Waals surface area contributed by atoms with Gasteiger partial charge in [0.1, 0.15) is 5.75 Å². The maximum Gasteiger partial charge on any atom is 0.573 e. The van der Waals surface area contributed by atoms with Crippen LogP contribution in [0, 0.1) is 0 Å². The zero-order valence-corrected chi connectivity index (χ0v) is 13.4. The van der Waals surface area contributed by atoms with E-state index >= 15 is 0 Å². The van der Waals surface area contributed by atoms with Gasteiger partial charge in [0.05, 0.1) is 12.7 Å². The molecule has 0 aliphatic carbocycles. The second-order valence-corrected chi connectivity index (χ2v) is 4.69. The van der Waals surface area contributed by atoms with Crippen LogP contribution in [0.4, 0.5) is 13.2 Å². The van der Waals surface area contributed by atoms with E-state index in [4.69, 9.17) is 5.73 Å². The number of carbonyl (C=O) groups excluding carboxylic acids is 1. The van der Waals surface area contributed by atoms with Gasteiger partial charge in [-0.15, -0.1) is 25.6 Å². The fourth-order valence-corrected chi connectivity index (χ4v) is 2.08. The van der Waals surface area contributed by atoms with Crippen LogP contribution in [0.25, 0.3) is 11.1 Å². The minimum absolute atomic E-state index is 0. The number of esters is 1. The molecule has 2 aromatic rings. The lowest BCUT2D eigenvalue weighted by atomic mass is 10.0. The standard InChI is InChI=1S/C16H14F3NO3.ClH/c1-22-15(21)12-4-2-3-11(7-12)13-5-10(9-20)6-14(8-13)23-16(17,18)19;/h2-8H,9,20H2,1H3;1H. The van der Waals surface area contributed by atoms with Gasteiger partial charge < -0.3 is 15.2 Å². The van der Waals surface area contributed by atoms with Crippen molar-refractivity contribution in [1.82, 2.24) is 0 Å². The summed E-state index contributed by atoms with van der Waals surface area (Å²) in [6.45, 7) is 0.0543. The summed E-state index contributed by atoms with van der Waals surface area (Å²) in [5, 5.41) is 0. The van der Waals surface area contributed by atoms with Gasteiger partial charge in [-0.1, -0.05) is 12.1 Å². The lowest BCUT2D eigenvalue weighted by molar-refractivity contribution is -0.274. The maximum absolute atomic E-state index is 12.4. The number of hydrogen-bond donors (Lipinski definition) is 1. The van der Waals surface area contributed by atoms with Crippen LogP contribution in [0.15, 0.2) is 42.5 Å². The highest BCUT2D eigenvalue weighted by Gasteiger charge is 2.31. The van der Waals surface area contributed by atoms with Crippen molar-refractivity contribution in [1.29, 1.82) is 0 Å². The van der Waals surface area contributed by atoms with Gasteiger partial charge in [0.15, 0.2) is 0 Å². The molecule has 0 amide bonds. The Kier molecular flexibility index (Phi) is 6.62. The van der Waals surface area contributed by atoms with Crippen molar-refractivity contribution in [2.75, 3.05) is 7.11 Å². The van der Waals surface area contributed by atoms with Crippen molar-refractivity contribution in [2.45, 2.75) is 12.9 Å². The minimum Gasteiger partial charge on any atom is -0.465 e. The lowest BCUT2D eigenvalue weighted by Gasteiger charge is -2.12. The molecule has 0 unspecified atom stereocenters. The monoisotopic (exact) mass is 361 g/mol. The molecule has 2 aromatic carbocycles. The van der Waals surface area contributed by atoms with Crippen LogP contribution in [-0.4, -0.2) is 19.4 Å². The van der Waals surface area contributed by atoms with Gasteiger partial charge in [0.25, 0.3) is 0 Å². The molecule has 24 heavy (non-hydrogen) atoms. The summed E-state index contributed by atoms with van der Waals surface area (Å²) in [6.07, 6.45) is -4.79. The molecule has 4 nitrogen and oxygen atoms in total. The Labute approximate surface area is 142 Å². The number of ether oxygens (including phenoxy) is 2. The first-order chi connectivity index (χ1) is 10.8. The van der Waals surface area contributed by atoms with E-state index in [9.17, 15) is 18.0 Å². The van der Waals surface area contributed by atoms with Gasteiger partial charge in [-0.25, -0.2) is 4.79 Å². The second-order valence-electron chi connectivity index (χ2n) is 4.69. The number of methoxy groups -OCH3 is 1. The van der Waals surface area contributed by atoms with Crippen LogP contribution in [0.1, 0.15) is 15.9 Å². The Bertz CT molecular complexity index is 720. The van der Waals surface area contributed by atoms with E-state index < -0.39 is 12.3 Å². The highest BCUT2D eigenvalue weighted by Crippen LogP contribution is 2.30. The predicted molar refractivity (Wildman–Crippen MR) is 85.0 cm³/mol. The van der Waals surface area contributed by atoms with Gasteiger partial charge in [-0.05, 0) is 47.0 Å². The molecule has 2 N–H and O–H groups in total. The van der Waals surface area contributed by atoms with E-state index in [1.165, 1.54) is 25.3 Å². The number of benzene rings is 2.